The molecule has 16 heavy (non-hydrogen) atoms. The normalized spacial score (nSPS) is 21.1. The maximum Gasteiger partial charge on any atom is 0.130 e. The summed E-state index contributed by atoms with van der Waals surface area (Å²) in [5, 5.41) is 3.24. The Morgan fingerprint density at radius 1 is 1.31 bits per heavy atom. The Balaban J connectivity index is 2.45. The van der Waals surface area contributed by atoms with E-state index in [-0.39, 0.29) is 17.6 Å². The molecule has 1 unspecified atom stereocenters. The summed E-state index contributed by atoms with van der Waals surface area (Å²) in [5.74, 6) is -0.407. The Bertz CT molecular complexity index is 369. The van der Waals surface area contributed by atoms with Gasteiger partial charge in [0.15, 0.2) is 0 Å². The van der Waals surface area contributed by atoms with Crippen molar-refractivity contribution in [1.29, 1.82) is 0 Å². The highest BCUT2D eigenvalue weighted by atomic mass is 19.1. The van der Waals surface area contributed by atoms with Crippen molar-refractivity contribution < 1.29 is 8.78 Å². The monoisotopic (exact) mass is 225 g/mol. The first-order valence-corrected chi connectivity index (χ1v) is 5.77. The van der Waals surface area contributed by atoms with Crippen molar-refractivity contribution in [2.24, 2.45) is 0 Å². The predicted octanol–water partition coefficient (Wildman–Crippen LogP) is 3.05. The molecule has 1 nitrogen and oxygen atoms in total. The highest BCUT2D eigenvalue weighted by Gasteiger charge is 2.23. The third-order valence-electron chi connectivity index (χ3n) is 3.39. The van der Waals surface area contributed by atoms with E-state index in [0.29, 0.717) is 16.7 Å². The van der Waals surface area contributed by atoms with Crippen LogP contribution in [0.15, 0.2) is 6.07 Å². The molecule has 88 valence electrons. The molecule has 0 aromatic heterocycles. The Labute approximate surface area is 94.9 Å². The van der Waals surface area contributed by atoms with Crippen molar-refractivity contribution in [2.45, 2.75) is 32.6 Å². The minimum atomic E-state index is -0.292. The Hall–Kier alpha value is -0.960. The zero-order valence-corrected chi connectivity index (χ0v) is 9.74. The molecule has 1 saturated heterocycles. The van der Waals surface area contributed by atoms with E-state index >= 15 is 0 Å². The van der Waals surface area contributed by atoms with Crippen LogP contribution in [0.25, 0.3) is 0 Å². The Morgan fingerprint density at radius 2 is 2.06 bits per heavy atom. The van der Waals surface area contributed by atoms with Gasteiger partial charge in [0.2, 0.25) is 0 Å². The fourth-order valence-electron chi connectivity index (χ4n) is 2.45. The van der Waals surface area contributed by atoms with Gasteiger partial charge in [0.1, 0.15) is 11.6 Å². The van der Waals surface area contributed by atoms with E-state index in [1.54, 1.807) is 13.8 Å². The molecule has 2 rings (SSSR count). The lowest BCUT2D eigenvalue weighted by Crippen LogP contribution is -2.29. The number of halogens is 2. The largest absolute Gasteiger partial charge is 0.316 e. The van der Waals surface area contributed by atoms with Crippen LogP contribution in [0.4, 0.5) is 8.78 Å². The van der Waals surface area contributed by atoms with Gasteiger partial charge in [-0.1, -0.05) is 0 Å². The maximum absolute atomic E-state index is 14.0. The smallest absolute Gasteiger partial charge is 0.130 e. The molecule has 1 aliphatic heterocycles. The van der Waals surface area contributed by atoms with E-state index in [9.17, 15) is 8.78 Å². The molecular formula is C13H17F2N. The number of aryl methyl sites for hydroxylation is 1. The first kappa shape index (κ1) is 11.5. The third-order valence-corrected chi connectivity index (χ3v) is 3.39. The van der Waals surface area contributed by atoms with Crippen LogP contribution in [-0.2, 0) is 0 Å². The van der Waals surface area contributed by atoms with Crippen molar-refractivity contribution in [3.63, 3.8) is 0 Å². The number of hydrogen-bond donors (Lipinski definition) is 1. The van der Waals surface area contributed by atoms with Gasteiger partial charge in [-0.25, -0.2) is 8.78 Å². The lowest BCUT2D eigenvalue weighted by atomic mass is 9.87. The lowest BCUT2D eigenvalue weighted by molar-refractivity contribution is 0.440. The van der Waals surface area contributed by atoms with E-state index in [4.69, 9.17) is 0 Å². The molecule has 3 heteroatoms. The molecule has 1 N–H and O–H groups in total. The molecule has 0 saturated carbocycles. The highest BCUT2D eigenvalue weighted by Crippen LogP contribution is 2.31. The quantitative estimate of drug-likeness (QED) is 0.774. The Kier molecular flexibility index (Phi) is 3.24. The van der Waals surface area contributed by atoms with Crippen molar-refractivity contribution in [3.05, 3.63) is 34.4 Å². The molecule has 0 aliphatic carbocycles. The van der Waals surface area contributed by atoms with Crippen LogP contribution in [0, 0.1) is 25.5 Å². The lowest BCUT2D eigenvalue weighted by Gasteiger charge is -2.25. The molecule has 0 spiro atoms. The second-order valence-corrected chi connectivity index (χ2v) is 4.57. The average Bonchev–Trinajstić information content (AvgIpc) is 2.28. The standard InChI is InChI=1S/C13H17F2N/c1-8-6-11(14)9(2)12(13(8)15)10-4-3-5-16-7-10/h6,10,16H,3-5,7H2,1-2H3. The summed E-state index contributed by atoms with van der Waals surface area (Å²) >= 11 is 0. The van der Waals surface area contributed by atoms with Gasteiger partial charge in [-0.15, -0.1) is 0 Å². The summed E-state index contributed by atoms with van der Waals surface area (Å²) in [5.41, 5.74) is 1.45. The molecule has 1 fully saturated rings. The van der Waals surface area contributed by atoms with Crippen molar-refractivity contribution >= 4 is 0 Å². The summed E-state index contributed by atoms with van der Waals surface area (Å²) in [6.45, 7) is 5.02. The number of hydrogen-bond acceptors (Lipinski definition) is 1. The number of benzene rings is 1. The summed E-state index contributed by atoms with van der Waals surface area (Å²) in [6, 6.07) is 1.28. The van der Waals surface area contributed by atoms with Crippen LogP contribution in [-0.4, -0.2) is 13.1 Å². The summed E-state index contributed by atoms with van der Waals surface area (Å²) in [4.78, 5) is 0. The van der Waals surface area contributed by atoms with Gasteiger partial charge >= 0.3 is 0 Å². The number of rotatable bonds is 1. The molecule has 1 heterocycles. The van der Waals surface area contributed by atoms with Crippen LogP contribution < -0.4 is 5.32 Å². The van der Waals surface area contributed by atoms with Gasteiger partial charge in [-0.05, 0) is 61.9 Å². The van der Waals surface area contributed by atoms with Crippen LogP contribution in [0.1, 0.15) is 35.4 Å². The molecule has 1 aromatic carbocycles. The third kappa shape index (κ3) is 1.96. The molecule has 1 atom stereocenters. The van der Waals surface area contributed by atoms with Crippen LogP contribution in [0.2, 0.25) is 0 Å². The Morgan fingerprint density at radius 3 is 2.69 bits per heavy atom. The topological polar surface area (TPSA) is 12.0 Å². The zero-order valence-electron chi connectivity index (χ0n) is 9.74. The van der Waals surface area contributed by atoms with Crippen LogP contribution in [0.3, 0.4) is 0 Å². The zero-order chi connectivity index (χ0) is 11.7. The molecule has 0 bridgehead atoms. The second-order valence-electron chi connectivity index (χ2n) is 4.57. The molecular weight excluding hydrogens is 208 g/mol. The SMILES string of the molecule is Cc1cc(F)c(C)c(C2CCCNC2)c1F. The second kappa shape index (κ2) is 4.50. The van der Waals surface area contributed by atoms with Gasteiger partial charge in [-0.3, -0.25) is 0 Å². The minimum absolute atomic E-state index is 0.114. The van der Waals surface area contributed by atoms with Gasteiger partial charge in [-0.2, -0.15) is 0 Å². The average molecular weight is 225 g/mol. The van der Waals surface area contributed by atoms with Crippen molar-refractivity contribution in [1.82, 2.24) is 5.32 Å². The van der Waals surface area contributed by atoms with E-state index in [1.165, 1.54) is 6.07 Å². The summed E-state index contributed by atoms with van der Waals surface area (Å²) in [7, 11) is 0. The molecule has 0 radical (unpaired) electrons. The first-order chi connectivity index (χ1) is 7.61. The molecule has 0 amide bonds. The van der Waals surface area contributed by atoms with Crippen LogP contribution >= 0.6 is 0 Å². The summed E-state index contributed by atoms with van der Waals surface area (Å²) < 4.78 is 27.6. The van der Waals surface area contributed by atoms with Crippen molar-refractivity contribution in [2.75, 3.05) is 13.1 Å². The van der Waals surface area contributed by atoms with Gasteiger partial charge < -0.3 is 5.32 Å². The van der Waals surface area contributed by atoms with E-state index in [2.05, 4.69) is 5.32 Å². The predicted molar refractivity (Wildman–Crippen MR) is 60.7 cm³/mol. The molecule has 1 aromatic rings. The minimum Gasteiger partial charge on any atom is -0.316 e. The summed E-state index contributed by atoms with van der Waals surface area (Å²) in [6.07, 6.45) is 1.97. The maximum atomic E-state index is 14.0. The van der Waals surface area contributed by atoms with E-state index in [0.717, 1.165) is 25.9 Å². The van der Waals surface area contributed by atoms with E-state index < -0.39 is 0 Å². The molecule has 1 aliphatic rings. The highest BCUT2D eigenvalue weighted by molar-refractivity contribution is 5.37. The fraction of sp³-hybridized carbons (Fsp3) is 0.538. The number of piperidine rings is 1. The van der Waals surface area contributed by atoms with Crippen LogP contribution in [0.5, 0.6) is 0 Å². The van der Waals surface area contributed by atoms with Gasteiger partial charge in [0.05, 0.1) is 0 Å². The van der Waals surface area contributed by atoms with Gasteiger partial charge in [0, 0.05) is 6.54 Å². The number of nitrogens with one attached hydrogen (secondary N) is 1. The fourth-order valence-corrected chi connectivity index (χ4v) is 2.45. The first-order valence-electron chi connectivity index (χ1n) is 5.77. The van der Waals surface area contributed by atoms with Crippen molar-refractivity contribution in [3.8, 4) is 0 Å². The van der Waals surface area contributed by atoms with E-state index in [1.807, 2.05) is 0 Å². The van der Waals surface area contributed by atoms with Gasteiger partial charge in [0.25, 0.3) is 0 Å².